The Hall–Kier alpha value is -2.26. The van der Waals surface area contributed by atoms with Crippen LogP contribution in [-0.2, 0) is 15.0 Å². The van der Waals surface area contributed by atoms with Gasteiger partial charge in [-0.15, -0.1) is 8.42 Å². The maximum absolute atomic E-state index is 11.3. The van der Waals surface area contributed by atoms with E-state index in [4.69, 9.17) is 16.0 Å². The zero-order valence-corrected chi connectivity index (χ0v) is 10.4. The number of carboxylic acid groups (broad SMARTS) is 1. The summed E-state index contributed by atoms with van der Waals surface area (Å²) in [5.74, 6) is -1.84. The lowest BCUT2D eigenvalue weighted by Gasteiger charge is -2.05. The van der Waals surface area contributed by atoms with E-state index in [1.54, 1.807) is 6.07 Å². The normalized spacial score (nSPS) is 18.9. The van der Waals surface area contributed by atoms with Gasteiger partial charge in [0.15, 0.2) is 6.20 Å². The van der Waals surface area contributed by atoms with E-state index in [1.807, 2.05) is 0 Å². The molecule has 0 saturated heterocycles. The predicted molar refractivity (Wildman–Crippen MR) is 66.5 cm³/mol. The SMILES string of the molecule is Nc1ccc(C2C=C[N+](S(N)(=O)=O)=C2C(=O)O)cn1. The van der Waals surface area contributed by atoms with Crippen molar-refractivity contribution in [2.24, 2.45) is 5.14 Å². The number of nitrogen functional groups attached to an aromatic ring is 1. The minimum absolute atomic E-state index is 0.283. The van der Waals surface area contributed by atoms with Crippen molar-refractivity contribution in [2.75, 3.05) is 5.73 Å². The van der Waals surface area contributed by atoms with E-state index in [0.29, 0.717) is 9.54 Å². The van der Waals surface area contributed by atoms with Crippen LogP contribution in [0.4, 0.5) is 5.82 Å². The summed E-state index contributed by atoms with van der Waals surface area (Å²) in [5.41, 5.74) is 5.58. The minimum atomic E-state index is -4.16. The van der Waals surface area contributed by atoms with Gasteiger partial charge >= 0.3 is 16.2 Å². The molecule has 9 heteroatoms. The Kier molecular flexibility index (Phi) is 3.08. The van der Waals surface area contributed by atoms with Crippen LogP contribution in [0.3, 0.4) is 0 Å². The van der Waals surface area contributed by atoms with E-state index in [9.17, 15) is 13.2 Å². The van der Waals surface area contributed by atoms with Gasteiger partial charge in [-0.1, -0.05) is 10.0 Å². The summed E-state index contributed by atoms with van der Waals surface area (Å²) in [6.45, 7) is 0. The van der Waals surface area contributed by atoms with Crippen LogP contribution < -0.4 is 10.9 Å². The molecule has 0 aliphatic carbocycles. The van der Waals surface area contributed by atoms with Gasteiger partial charge in [0.2, 0.25) is 0 Å². The number of rotatable bonds is 3. The molecule has 2 rings (SSSR count). The van der Waals surface area contributed by atoms with Crippen molar-refractivity contribution in [3.8, 4) is 0 Å². The molecule has 2 heterocycles. The van der Waals surface area contributed by atoms with E-state index in [-0.39, 0.29) is 11.5 Å². The number of carboxylic acids is 1. The fourth-order valence-corrected chi connectivity index (χ4v) is 2.50. The molecule has 1 atom stereocenters. The number of carbonyl (C=O) groups is 1. The first kappa shape index (κ1) is 13.2. The number of aromatic nitrogens is 1. The molecule has 0 bridgehead atoms. The van der Waals surface area contributed by atoms with Crippen LogP contribution in [-0.4, -0.2) is 34.2 Å². The molecule has 1 aromatic rings. The molecule has 1 aliphatic rings. The summed E-state index contributed by atoms with van der Waals surface area (Å²) in [4.78, 5) is 15.1. The van der Waals surface area contributed by atoms with Crippen molar-refractivity contribution < 1.29 is 22.3 Å². The van der Waals surface area contributed by atoms with Gasteiger partial charge in [-0.05, 0) is 17.7 Å². The molecular formula is C10H11N4O4S+. The molecule has 5 N–H and O–H groups in total. The first-order chi connectivity index (χ1) is 8.80. The Balaban J connectivity index is 2.55. The maximum atomic E-state index is 11.3. The second kappa shape index (κ2) is 4.44. The Labute approximate surface area is 108 Å². The second-order valence-corrected chi connectivity index (χ2v) is 5.29. The lowest BCUT2D eigenvalue weighted by Crippen LogP contribution is -2.33. The second-order valence-electron chi connectivity index (χ2n) is 3.87. The highest BCUT2D eigenvalue weighted by atomic mass is 32.2. The molecule has 1 aromatic heterocycles. The molecule has 1 aliphatic heterocycles. The van der Waals surface area contributed by atoms with Gasteiger partial charge in [0, 0.05) is 6.20 Å². The number of pyridine rings is 1. The Morgan fingerprint density at radius 2 is 2.11 bits per heavy atom. The summed E-state index contributed by atoms with van der Waals surface area (Å²) in [7, 11) is -4.16. The number of anilines is 1. The van der Waals surface area contributed by atoms with Gasteiger partial charge in [0.25, 0.3) is 5.71 Å². The fraction of sp³-hybridized carbons (Fsp3) is 0.100. The molecule has 0 spiro atoms. The van der Waals surface area contributed by atoms with E-state index in [1.165, 1.54) is 18.3 Å². The van der Waals surface area contributed by atoms with E-state index in [0.717, 1.165) is 6.20 Å². The summed E-state index contributed by atoms with van der Waals surface area (Å²) < 4.78 is 23.2. The zero-order valence-electron chi connectivity index (χ0n) is 9.59. The molecule has 0 aromatic carbocycles. The monoisotopic (exact) mass is 283 g/mol. The average Bonchev–Trinajstić information content (AvgIpc) is 2.74. The third kappa shape index (κ3) is 2.46. The predicted octanol–water partition coefficient (Wildman–Crippen LogP) is -0.984. The third-order valence-electron chi connectivity index (χ3n) is 2.61. The van der Waals surface area contributed by atoms with E-state index >= 15 is 0 Å². The first-order valence-electron chi connectivity index (χ1n) is 5.13. The summed E-state index contributed by atoms with van der Waals surface area (Å²) in [5, 5.41) is 14.1. The topological polar surface area (TPSA) is 139 Å². The van der Waals surface area contributed by atoms with Crippen LogP contribution >= 0.6 is 0 Å². The number of aliphatic carboxylic acids is 1. The standard InChI is InChI=1S/C10H10N4O4S/c11-8-2-1-6(5-13-8)7-3-4-14(19(12,17)18)9(7)10(15)16/h1-5,7H,(H4-,11,12,13,15,16,17,18)/p+1. The highest BCUT2D eigenvalue weighted by Crippen LogP contribution is 2.24. The molecule has 100 valence electrons. The Morgan fingerprint density at radius 3 is 2.58 bits per heavy atom. The van der Waals surface area contributed by atoms with Crippen molar-refractivity contribution in [1.82, 2.24) is 4.98 Å². The smallest absolute Gasteiger partial charge is 0.442 e. The van der Waals surface area contributed by atoms with Crippen LogP contribution in [0.15, 0.2) is 30.6 Å². The highest BCUT2D eigenvalue weighted by Gasteiger charge is 2.40. The van der Waals surface area contributed by atoms with Gasteiger partial charge in [-0.2, -0.15) is 5.14 Å². The Bertz CT molecular complexity index is 691. The summed E-state index contributed by atoms with van der Waals surface area (Å²) in [6.07, 6.45) is 3.92. The summed E-state index contributed by atoms with van der Waals surface area (Å²) in [6, 6.07) is 3.08. The fourth-order valence-electron chi connectivity index (χ4n) is 1.79. The van der Waals surface area contributed by atoms with Gasteiger partial charge in [0.1, 0.15) is 11.7 Å². The van der Waals surface area contributed by atoms with Gasteiger partial charge in [-0.3, -0.25) is 0 Å². The number of nitrogens with zero attached hydrogens (tertiary/aromatic N) is 2. The van der Waals surface area contributed by atoms with Crippen molar-refractivity contribution in [1.29, 1.82) is 0 Å². The molecule has 0 fully saturated rings. The number of hydrogen-bond donors (Lipinski definition) is 3. The first-order valence-corrected chi connectivity index (χ1v) is 6.63. The molecule has 8 nitrogen and oxygen atoms in total. The molecule has 0 amide bonds. The van der Waals surface area contributed by atoms with Crippen LogP contribution in [0.2, 0.25) is 0 Å². The van der Waals surface area contributed by atoms with Gasteiger partial charge in [-0.25, -0.2) is 9.78 Å². The van der Waals surface area contributed by atoms with E-state index in [2.05, 4.69) is 4.98 Å². The zero-order chi connectivity index (χ0) is 14.2. The molecule has 0 radical (unpaired) electrons. The quantitative estimate of drug-likeness (QED) is 0.609. The van der Waals surface area contributed by atoms with Crippen molar-refractivity contribution in [3.05, 3.63) is 36.2 Å². The van der Waals surface area contributed by atoms with Crippen LogP contribution in [0.25, 0.3) is 0 Å². The largest absolute Gasteiger partial charge is 0.473 e. The number of hydrogen-bond acceptors (Lipinski definition) is 5. The van der Waals surface area contributed by atoms with Crippen molar-refractivity contribution in [3.63, 3.8) is 0 Å². The highest BCUT2D eigenvalue weighted by molar-refractivity contribution is 7.83. The lowest BCUT2D eigenvalue weighted by molar-refractivity contribution is -0.277. The average molecular weight is 283 g/mol. The van der Waals surface area contributed by atoms with Gasteiger partial charge in [0.05, 0.1) is 0 Å². The molecule has 0 saturated carbocycles. The third-order valence-corrected chi connectivity index (χ3v) is 3.47. The van der Waals surface area contributed by atoms with Crippen LogP contribution in [0.1, 0.15) is 11.5 Å². The van der Waals surface area contributed by atoms with E-state index < -0.39 is 22.1 Å². The van der Waals surface area contributed by atoms with Crippen molar-refractivity contribution in [2.45, 2.75) is 5.92 Å². The van der Waals surface area contributed by atoms with Crippen LogP contribution in [0, 0.1) is 0 Å². The minimum Gasteiger partial charge on any atom is -0.473 e. The molecular weight excluding hydrogens is 272 g/mol. The Morgan fingerprint density at radius 1 is 1.42 bits per heavy atom. The molecule has 19 heavy (non-hydrogen) atoms. The summed E-state index contributed by atoms with van der Waals surface area (Å²) >= 11 is 0. The number of nitrogens with two attached hydrogens (primary N) is 2. The lowest BCUT2D eigenvalue weighted by atomic mass is 9.97. The molecule has 1 unspecified atom stereocenters. The maximum Gasteiger partial charge on any atom is 0.442 e. The van der Waals surface area contributed by atoms with Gasteiger partial charge < -0.3 is 10.8 Å². The van der Waals surface area contributed by atoms with Crippen LogP contribution in [0.5, 0.6) is 0 Å². The number of allylic oxidation sites excluding steroid dienone is 1. The van der Waals surface area contributed by atoms with Crippen molar-refractivity contribution >= 4 is 27.7 Å².